The first-order chi connectivity index (χ1) is 5.17. The Morgan fingerprint density at radius 1 is 1.18 bits per heavy atom. The molecule has 0 saturated carbocycles. The van der Waals surface area contributed by atoms with Crippen molar-refractivity contribution in [1.29, 1.82) is 0 Å². The van der Waals surface area contributed by atoms with E-state index in [1.165, 1.54) is 21.3 Å². The van der Waals surface area contributed by atoms with Crippen LogP contribution in [0.5, 0.6) is 0 Å². The Labute approximate surface area is 66.4 Å². The molecule has 66 valence electrons. The Bertz CT molecular complexity index is 120. The summed E-state index contributed by atoms with van der Waals surface area (Å²) >= 11 is 0. The van der Waals surface area contributed by atoms with Crippen LogP contribution in [-0.4, -0.2) is 33.6 Å². The lowest BCUT2D eigenvalue weighted by atomic mass is 10.2. The van der Waals surface area contributed by atoms with Crippen LogP contribution in [0.3, 0.4) is 0 Å². The van der Waals surface area contributed by atoms with Crippen LogP contribution >= 0.6 is 0 Å². The molecule has 0 N–H and O–H groups in total. The molecule has 0 aromatic rings. The zero-order chi connectivity index (χ0) is 8.85. The lowest BCUT2D eigenvalue weighted by Gasteiger charge is -2.18. The molecule has 0 aliphatic rings. The lowest BCUT2D eigenvalue weighted by Crippen LogP contribution is -2.29. The number of carbonyl (C=O) groups is 1. The van der Waals surface area contributed by atoms with E-state index in [2.05, 4.69) is 4.74 Å². The van der Waals surface area contributed by atoms with Gasteiger partial charge in [0.05, 0.1) is 7.11 Å². The van der Waals surface area contributed by atoms with E-state index in [9.17, 15) is 4.79 Å². The van der Waals surface area contributed by atoms with E-state index in [0.717, 1.165) is 0 Å². The number of ether oxygens (including phenoxy) is 3. The van der Waals surface area contributed by atoms with Crippen LogP contribution in [0.2, 0.25) is 0 Å². The molecular weight excluding hydrogens is 148 g/mol. The van der Waals surface area contributed by atoms with Gasteiger partial charge in [0.2, 0.25) is 0 Å². The Morgan fingerprint density at radius 2 is 1.64 bits per heavy atom. The van der Waals surface area contributed by atoms with E-state index < -0.39 is 12.2 Å². The molecule has 0 amide bonds. The summed E-state index contributed by atoms with van der Waals surface area (Å²) in [7, 11) is 4.29. The lowest BCUT2D eigenvalue weighted by molar-refractivity contribution is -0.171. The van der Waals surface area contributed by atoms with Crippen LogP contribution in [0.1, 0.15) is 6.92 Å². The van der Waals surface area contributed by atoms with E-state index in [1.807, 2.05) is 0 Å². The van der Waals surface area contributed by atoms with Crippen LogP contribution in [0.15, 0.2) is 0 Å². The summed E-state index contributed by atoms with van der Waals surface area (Å²) in [6.07, 6.45) is -0.526. The van der Waals surface area contributed by atoms with Gasteiger partial charge >= 0.3 is 5.97 Å². The van der Waals surface area contributed by atoms with Crippen molar-refractivity contribution in [3.05, 3.63) is 0 Å². The third kappa shape index (κ3) is 2.86. The van der Waals surface area contributed by atoms with Gasteiger partial charge in [-0.25, -0.2) is 0 Å². The number of carbonyl (C=O) groups excluding carboxylic acids is 1. The predicted molar refractivity (Wildman–Crippen MR) is 39.0 cm³/mol. The second kappa shape index (κ2) is 5.09. The molecule has 0 radical (unpaired) electrons. The summed E-state index contributed by atoms with van der Waals surface area (Å²) in [5.74, 6) is -0.728. The minimum Gasteiger partial charge on any atom is -0.469 e. The number of hydrogen-bond acceptors (Lipinski definition) is 4. The predicted octanol–water partition coefficient (Wildman–Crippen LogP) is 0.414. The number of hydrogen-bond donors (Lipinski definition) is 0. The molecular formula is C7H14O4. The molecule has 0 aliphatic heterocycles. The average molecular weight is 162 g/mol. The monoisotopic (exact) mass is 162 g/mol. The van der Waals surface area contributed by atoms with Gasteiger partial charge in [0.15, 0.2) is 6.29 Å². The SMILES string of the molecule is COC(=O)[C@@H](C)C(OC)OC. The van der Waals surface area contributed by atoms with Crippen molar-refractivity contribution in [3.63, 3.8) is 0 Å². The van der Waals surface area contributed by atoms with Crippen molar-refractivity contribution in [2.75, 3.05) is 21.3 Å². The smallest absolute Gasteiger partial charge is 0.313 e. The Kier molecular flexibility index (Phi) is 4.81. The topological polar surface area (TPSA) is 44.8 Å². The van der Waals surface area contributed by atoms with E-state index in [1.54, 1.807) is 6.92 Å². The Balaban J connectivity index is 3.97. The van der Waals surface area contributed by atoms with Crippen LogP contribution in [0, 0.1) is 5.92 Å². The molecule has 11 heavy (non-hydrogen) atoms. The molecule has 0 heterocycles. The normalized spacial score (nSPS) is 13.2. The van der Waals surface area contributed by atoms with Crippen LogP contribution in [-0.2, 0) is 19.0 Å². The third-order valence-electron chi connectivity index (χ3n) is 1.45. The van der Waals surface area contributed by atoms with Gasteiger partial charge in [-0.3, -0.25) is 4.79 Å². The van der Waals surface area contributed by atoms with E-state index in [-0.39, 0.29) is 5.97 Å². The molecule has 0 rings (SSSR count). The summed E-state index contributed by atoms with van der Waals surface area (Å²) in [4.78, 5) is 10.9. The zero-order valence-corrected chi connectivity index (χ0v) is 7.29. The van der Waals surface area contributed by atoms with Crippen molar-refractivity contribution in [3.8, 4) is 0 Å². The van der Waals surface area contributed by atoms with Gasteiger partial charge in [-0.1, -0.05) is 0 Å². The molecule has 0 spiro atoms. The van der Waals surface area contributed by atoms with Crippen molar-refractivity contribution in [2.24, 2.45) is 5.92 Å². The largest absolute Gasteiger partial charge is 0.469 e. The molecule has 1 atom stereocenters. The van der Waals surface area contributed by atoms with Gasteiger partial charge in [-0.05, 0) is 6.92 Å². The van der Waals surface area contributed by atoms with Gasteiger partial charge in [-0.2, -0.15) is 0 Å². The van der Waals surface area contributed by atoms with Gasteiger partial charge in [0.1, 0.15) is 5.92 Å². The van der Waals surface area contributed by atoms with Crippen LogP contribution in [0.25, 0.3) is 0 Å². The molecule has 0 fully saturated rings. The molecule has 0 aromatic carbocycles. The fourth-order valence-corrected chi connectivity index (χ4v) is 0.801. The first kappa shape index (κ1) is 10.4. The fourth-order valence-electron chi connectivity index (χ4n) is 0.801. The molecule has 4 heteroatoms. The van der Waals surface area contributed by atoms with E-state index >= 15 is 0 Å². The first-order valence-electron chi connectivity index (χ1n) is 3.30. The average Bonchev–Trinajstić information content (AvgIpc) is 2.05. The first-order valence-corrected chi connectivity index (χ1v) is 3.30. The number of esters is 1. The fraction of sp³-hybridized carbons (Fsp3) is 0.857. The molecule has 0 saturated heterocycles. The zero-order valence-electron chi connectivity index (χ0n) is 7.29. The summed E-state index contributed by atoms with van der Waals surface area (Å²) in [6.45, 7) is 1.68. The van der Waals surface area contributed by atoms with Crippen LogP contribution < -0.4 is 0 Å². The third-order valence-corrected chi connectivity index (χ3v) is 1.45. The van der Waals surface area contributed by atoms with Gasteiger partial charge in [0, 0.05) is 14.2 Å². The van der Waals surface area contributed by atoms with Crippen molar-refractivity contribution >= 4 is 5.97 Å². The van der Waals surface area contributed by atoms with Gasteiger partial charge in [-0.15, -0.1) is 0 Å². The number of methoxy groups -OCH3 is 3. The summed E-state index contributed by atoms with van der Waals surface area (Å²) in [6, 6.07) is 0. The van der Waals surface area contributed by atoms with Crippen molar-refractivity contribution in [1.82, 2.24) is 0 Å². The minimum absolute atomic E-state index is 0.335. The molecule has 0 unspecified atom stereocenters. The quantitative estimate of drug-likeness (QED) is 0.443. The summed E-state index contributed by atoms with van der Waals surface area (Å²) < 4.78 is 14.2. The molecule has 4 nitrogen and oxygen atoms in total. The second-order valence-electron chi connectivity index (χ2n) is 2.15. The maximum atomic E-state index is 10.9. The highest BCUT2D eigenvalue weighted by Crippen LogP contribution is 2.08. The summed E-state index contributed by atoms with van der Waals surface area (Å²) in [5, 5.41) is 0. The van der Waals surface area contributed by atoms with E-state index in [0.29, 0.717) is 0 Å². The highest BCUT2D eigenvalue weighted by molar-refractivity contribution is 5.72. The molecule has 0 aromatic heterocycles. The van der Waals surface area contributed by atoms with Crippen molar-refractivity contribution in [2.45, 2.75) is 13.2 Å². The maximum Gasteiger partial charge on any atom is 0.313 e. The van der Waals surface area contributed by atoms with E-state index in [4.69, 9.17) is 9.47 Å². The van der Waals surface area contributed by atoms with Crippen LogP contribution in [0.4, 0.5) is 0 Å². The molecule has 0 bridgehead atoms. The standard InChI is InChI=1S/C7H14O4/c1-5(6(8)9-2)7(10-3)11-4/h5,7H,1-4H3/t5-/m1/s1. The Hall–Kier alpha value is -0.610. The van der Waals surface area contributed by atoms with Gasteiger partial charge < -0.3 is 14.2 Å². The minimum atomic E-state index is -0.526. The van der Waals surface area contributed by atoms with Gasteiger partial charge in [0.25, 0.3) is 0 Å². The van der Waals surface area contributed by atoms with Crippen molar-refractivity contribution < 1.29 is 19.0 Å². The highest BCUT2D eigenvalue weighted by atomic mass is 16.7. The summed E-state index contributed by atoms with van der Waals surface area (Å²) in [5.41, 5.74) is 0. The highest BCUT2D eigenvalue weighted by Gasteiger charge is 2.23. The second-order valence-corrected chi connectivity index (χ2v) is 2.15. The Morgan fingerprint density at radius 3 is 1.91 bits per heavy atom. The number of rotatable bonds is 4. The maximum absolute atomic E-state index is 10.9. The molecule has 0 aliphatic carbocycles.